The molecule has 0 fully saturated rings. The van der Waals surface area contributed by atoms with Gasteiger partial charge in [0.1, 0.15) is 22.8 Å². The molecule has 1 heterocycles. The number of nitrogens with zero attached hydrogens (tertiary/aromatic N) is 1. The molecule has 20 heavy (non-hydrogen) atoms. The Balaban J connectivity index is 2.79. The first-order valence-electron chi connectivity index (χ1n) is 6.36. The molecule has 0 aliphatic heterocycles. The lowest BCUT2D eigenvalue weighted by molar-refractivity contribution is 0.397. The number of fused-ring (bicyclic) bond motifs is 1. The maximum absolute atomic E-state index is 6.37. The van der Waals surface area contributed by atoms with E-state index in [9.17, 15) is 0 Å². The Bertz CT molecular complexity index is 632. The summed E-state index contributed by atoms with van der Waals surface area (Å²) in [6, 6.07) is 3.70. The Morgan fingerprint density at radius 2 is 1.95 bits per heavy atom. The number of benzene rings is 1. The highest BCUT2D eigenvalue weighted by atomic mass is 35.5. The smallest absolute Gasteiger partial charge is 0.148 e. The van der Waals surface area contributed by atoms with Crippen LogP contribution in [-0.2, 0) is 6.42 Å². The number of ether oxygens (including phenoxy) is 2. The van der Waals surface area contributed by atoms with E-state index < -0.39 is 0 Å². The van der Waals surface area contributed by atoms with Crippen molar-refractivity contribution >= 4 is 28.3 Å². The summed E-state index contributed by atoms with van der Waals surface area (Å²) in [5.74, 6) is 7.35. The topological polar surface area (TPSA) is 69.4 Å². The van der Waals surface area contributed by atoms with Crippen LogP contribution in [-0.4, -0.2) is 19.2 Å². The zero-order chi connectivity index (χ0) is 14.7. The first-order chi connectivity index (χ1) is 9.65. The second-order valence-corrected chi connectivity index (χ2v) is 4.76. The molecular formula is C14H18ClN3O2. The number of aromatic nitrogens is 1. The zero-order valence-electron chi connectivity index (χ0n) is 11.8. The van der Waals surface area contributed by atoms with Gasteiger partial charge in [0.2, 0.25) is 0 Å². The predicted molar refractivity (Wildman–Crippen MR) is 81.7 cm³/mol. The molecule has 1 aromatic heterocycles. The van der Waals surface area contributed by atoms with Crippen molar-refractivity contribution < 1.29 is 9.47 Å². The molecule has 0 amide bonds. The molecule has 3 N–H and O–H groups in total. The fourth-order valence-corrected chi connectivity index (χ4v) is 2.46. The van der Waals surface area contributed by atoms with E-state index in [2.05, 4.69) is 17.3 Å². The van der Waals surface area contributed by atoms with Gasteiger partial charge in [-0.1, -0.05) is 24.9 Å². The standard InChI is InChI=1S/C14H18ClN3O2/c1-4-5-8-6-9-12(15)10(19-2)7-11(20-3)13(9)17-14(8)18-16/h6-7H,4-5,16H2,1-3H3,(H,17,18). The molecule has 0 unspecified atom stereocenters. The van der Waals surface area contributed by atoms with Gasteiger partial charge < -0.3 is 14.9 Å². The van der Waals surface area contributed by atoms with Gasteiger partial charge in [0.05, 0.1) is 19.2 Å². The maximum atomic E-state index is 6.37. The van der Waals surface area contributed by atoms with Crippen LogP contribution in [0.2, 0.25) is 5.02 Å². The van der Waals surface area contributed by atoms with E-state index in [4.69, 9.17) is 26.9 Å². The summed E-state index contributed by atoms with van der Waals surface area (Å²) in [7, 11) is 3.15. The summed E-state index contributed by atoms with van der Waals surface area (Å²) < 4.78 is 10.6. The molecule has 0 bridgehead atoms. The van der Waals surface area contributed by atoms with Crippen LogP contribution in [0.15, 0.2) is 12.1 Å². The lowest BCUT2D eigenvalue weighted by Crippen LogP contribution is -2.11. The predicted octanol–water partition coefficient (Wildman–Crippen LogP) is 3.14. The van der Waals surface area contributed by atoms with Crippen molar-refractivity contribution in [3.05, 3.63) is 22.7 Å². The highest BCUT2D eigenvalue weighted by Gasteiger charge is 2.16. The summed E-state index contributed by atoms with van der Waals surface area (Å²) in [4.78, 5) is 4.52. The van der Waals surface area contributed by atoms with E-state index in [0.29, 0.717) is 27.9 Å². The lowest BCUT2D eigenvalue weighted by atomic mass is 10.1. The molecule has 2 aromatic rings. The Morgan fingerprint density at radius 1 is 1.25 bits per heavy atom. The first-order valence-corrected chi connectivity index (χ1v) is 6.74. The Morgan fingerprint density at radius 3 is 2.50 bits per heavy atom. The van der Waals surface area contributed by atoms with Crippen LogP contribution >= 0.6 is 11.6 Å². The number of nitrogens with one attached hydrogen (secondary N) is 1. The number of aryl methyl sites for hydroxylation is 1. The molecule has 2 rings (SSSR count). The molecule has 0 radical (unpaired) electrons. The lowest BCUT2D eigenvalue weighted by Gasteiger charge is -2.14. The van der Waals surface area contributed by atoms with Crippen LogP contribution in [0, 0.1) is 0 Å². The van der Waals surface area contributed by atoms with Gasteiger partial charge >= 0.3 is 0 Å². The van der Waals surface area contributed by atoms with Gasteiger partial charge in [0.15, 0.2) is 0 Å². The number of hydrogen-bond donors (Lipinski definition) is 2. The molecule has 1 aromatic carbocycles. The molecule has 0 spiro atoms. The average molecular weight is 296 g/mol. The maximum Gasteiger partial charge on any atom is 0.148 e. The van der Waals surface area contributed by atoms with Crippen LogP contribution in [0.3, 0.4) is 0 Å². The van der Waals surface area contributed by atoms with Crippen molar-refractivity contribution in [3.63, 3.8) is 0 Å². The van der Waals surface area contributed by atoms with Gasteiger partial charge in [-0.15, -0.1) is 0 Å². The van der Waals surface area contributed by atoms with Crippen LogP contribution in [0.5, 0.6) is 11.5 Å². The van der Waals surface area contributed by atoms with Gasteiger partial charge in [-0.3, -0.25) is 0 Å². The second-order valence-electron chi connectivity index (χ2n) is 4.38. The van der Waals surface area contributed by atoms with Gasteiger partial charge in [-0.2, -0.15) is 0 Å². The largest absolute Gasteiger partial charge is 0.495 e. The van der Waals surface area contributed by atoms with E-state index in [1.807, 2.05) is 6.07 Å². The first kappa shape index (κ1) is 14.7. The Labute approximate surface area is 123 Å². The van der Waals surface area contributed by atoms with E-state index in [1.54, 1.807) is 20.3 Å². The van der Waals surface area contributed by atoms with Crippen molar-refractivity contribution in [3.8, 4) is 11.5 Å². The van der Waals surface area contributed by atoms with Gasteiger partial charge in [-0.05, 0) is 18.1 Å². The van der Waals surface area contributed by atoms with Gasteiger partial charge in [0.25, 0.3) is 0 Å². The third-order valence-corrected chi connectivity index (χ3v) is 3.54. The number of anilines is 1. The van der Waals surface area contributed by atoms with Crippen molar-refractivity contribution in [1.82, 2.24) is 4.98 Å². The highest BCUT2D eigenvalue weighted by molar-refractivity contribution is 6.37. The molecule has 0 aliphatic carbocycles. The highest BCUT2D eigenvalue weighted by Crippen LogP contribution is 2.39. The van der Waals surface area contributed by atoms with E-state index >= 15 is 0 Å². The molecule has 6 heteroatoms. The van der Waals surface area contributed by atoms with Gasteiger partial charge in [0, 0.05) is 11.5 Å². The van der Waals surface area contributed by atoms with Gasteiger partial charge in [-0.25, -0.2) is 10.8 Å². The Hall–Kier alpha value is -1.72. The molecule has 0 atom stereocenters. The molecule has 0 saturated carbocycles. The monoisotopic (exact) mass is 295 g/mol. The molecular weight excluding hydrogens is 278 g/mol. The van der Waals surface area contributed by atoms with Crippen LogP contribution < -0.4 is 20.7 Å². The van der Waals surface area contributed by atoms with E-state index in [0.717, 1.165) is 23.8 Å². The molecule has 0 saturated heterocycles. The fraction of sp³-hybridized carbons (Fsp3) is 0.357. The quantitative estimate of drug-likeness (QED) is 0.655. The van der Waals surface area contributed by atoms with E-state index in [1.165, 1.54) is 0 Å². The van der Waals surface area contributed by atoms with Crippen LogP contribution in [0.4, 0.5) is 5.82 Å². The fourth-order valence-electron chi connectivity index (χ4n) is 2.18. The number of methoxy groups -OCH3 is 2. The summed E-state index contributed by atoms with van der Waals surface area (Å²) in [6.07, 6.45) is 1.85. The van der Waals surface area contributed by atoms with Crippen molar-refractivity contribution in [1.29, 1.82) is 0 Å². The third-order valence-electron chi connectivity index (χ3n) is 3.15. The SMILES string of the molecule is CCCc1cc2c(Cl)c(OC)cc(OC)c2nc1NN. The third kappa shape index (κ3) is 2.46. The Kier molecular flexibility index (Phi) is 4.52. The minimum atomic E-state index is 0.525. The summed E-state index contributed by atoms with van der Waals surface area (Å²) in [6.45, 7) is 2.10. The minimum Gasteiger partial charge on any atom is -0.495 e. The number of pyridine rings is 1. The number of nitrogen functional groups attached to an aromatic ring is 1. The second kappa shape index (κ2) is 6.15. The minimum absolute atomic E-state index is 0.525. The summed E-state index contributed by atoms with van der Waals surface area (Å²) in [5, 5.41) is 1.32. The molecule has 0 aliphatic rings. The van der Waals surface area contributed by atoms with Crippen LogP contribution in [0.1, 0.15) is 18.9 Å². The van der Waals surface area contributed by atoms with E-state index in [-0.39, 0.29) is 0 Å². The van der Waals surface area contributed by atoms with Crippen molar-refractivity contribution in [2.75, 3.05) is 19.6 Å². The molecule has 5 nitrogen and oxygen atoms in total. The summed E-state index contributed by atoms with van der Waals surface area (Å²) in [5.41, 5.74) is 4.30. The van der Waals surface area contributed by atoms with Crippen LogP contribution in [0.25, 0.3) is 10.9 Å². The summed E-state index contributed by atoms with van der Waals surface area (Å²) >= 11 is 6.37. The number of nitrogens with two attached hydrogens (primary N) is 1. The number of hydrazine groups is 1. The zero-order valence-corrected chi connectivity index (χ0v) is 12.5. The van der Waals surface area contributed by atoms with Crippen molar-refractivity contribution in [2.45, 2.75) is 19.8 Å². The molecule has 108 valence electrons. The number of halogens is 1. The number of rotatable bonds is 5. The normalized spacial score (nSPS) is 10.7. The number of hydrogen-bond acceptors (Lipinski definition) is 5. The average Bonchev–Trinajstić information content (AvgIpc) is 2.48. The van der Waals surface area contributed by atoms with Crippen molar-refractivity contribution in [2.24, 2.45) is 5.84 Å².